The average molecular weight is 607 g/mol. The summed E-state index contributed by atoms with van der Waals surface area (Å²) in [6, 6.07) is 43.2. The summed E-state index contributed by atoms with van der Waals surface area (Å²) in [7, 11) is 0. The highest BCUT2D eigenvalue weighted by Crippen LogP contribution is 2.47. The van der Waals surface area contributed by atoms with Gasteiger partial charge in [-0.3, -0.25) is 0 Å². The van der Waals surface area contributed by atoms with Crippen LogP contribution < -0.4 is 0 Å². The molecular weight excluding hydrogens is 565 g/mol. The predicted octanol–water partition coefficient (Wildman–Crippen LogP) is 12.5. The fraction of sp³-hybridized carbons (Fsp3) is 0.191. The molecule has 6 aromatic rings. The van der Waals surface area contributed by atoms with Gasteiger partial charge in [-0.15, -0.1) is 0 Å². The molecule has 0 bridgehead atoms. The quantitative estimate of drug-likeness (QED) is 0.183. The summed E-state index contributed by atoms with van der Waals surface area (Å²) in [6.07, 6.45) is 12.6. The molecule has 6 aromatic carbocycles. The van der Waals surface area contributed by atoms with Crippen LogP contribution in [-0.4, -0.2) is 0 Å². The highest BCUT2D eigenvalue weighted by atomic mass is 14.3. The fourth-order valence-corrected chi connectivity index (χ4v) is 7.85. The molecule has 0 heterocycles. The van der Waals surface area contributed by atoms with Crippen molar-refractivity contribution in [1.82, 2.24) is 0 Å². The molecule has 8 rings (SSSR count). The Labute approximate surface area is 279 Å². The molecule has 47 heavy (non-hydrogen) atoms. The van der Waals surface area contributed by atoms with Crippen molar-refractivity contribution in [3.8, 4) is 11.1 Å². The van der Waals surface area contributed by atoms with Crippen molar-refractivity contribution < 1.29 is 0 Å². The Kier molecular flexibility index (Phi) is 6.96. The molecule has 230 valence electrons. The third kappa shape index (κ3) is 5.27. The number of hydrogen-bond donors (Lipinski definition) is 0. The van der Waals surface area contributed by atoms with Crippen LogP contribution in [0.25, 0.3) is 38.2 Å². The van der Waals surface area contributed by atoms with Crippen molar-refractivity contribution in [2.24, 2.45) is 0 Å². The molecule has 0 fully saturated rings. The van der Waals surface area contributed by atoms with Gasteiger partial charge in [0, 0.05) is 11.3 Å². The molecule has 0 heteroatoms. The molecular formula is C47H42. The topological polar surface area (TPSA) is 0 Å². The second kappa shape index (κ2) is 11.1. The van der Waals surface area contributed by atoms with E-state index >= 15 is 0 Å². The van der Waals surface area contributed by atoms with Gasteiger partial charge >= 0.3 is 0 Å². The summed E-state index contributed by atoms with van der Waals surface area (Å²) in [4.78, 5) is 0. The maximum absolute atomic E-state index is 2.50. The van der Waals surface area contributed by atoms with Gasteiger partial charge in [-0.25, -0.2) is 0 Å². The van der Waals surface area contributed by atoms with Gasteiger partial charge < -0.3 is 0 Å². The van der Waals surface area contributed by atoms with Crippen LogP contribution in [0.2, 0.25) is 0 Å². The van der Waals surface area contributed by atoms with E-state index in [0.717, 1.165) is 6.42 Å². The minimum Gasteiger partial charge on any atom is -0.0732 e. The van der Waals surface area contributed by atoms with E-state index < -0.39 is 0 Å². The summed E-state index contributed by atoms with van der Waals surface area (Å²) in [5, 5.41) is 5.07. The first kappa shape index (κ1) is 29.5. The van der Waals surface area contributed by atoms with Gasteiger partial charge in [0.1, 0.15) is 0 Å². The van der Waals surface area contributed by atoms with Gasteiger partial charge in [0.05, 0.1) is 0 Å². The van der Waals surface area contributed by atoms with E-state index in [1.165, 1.54) is 77.2 Å². The maximum atomic E-state index is 2.50. The Balaban J connectivity index is 1.24. The lowest BCUT2D eigenvalue weighted by Gasteiger charge is -2.27. The summed E-state index contributed by atoms with van der Waals surface area (Å²) in [5.41, 5.74) is 13.7. The van der Waals surface area contributed by atoms with Crippen LogP contribution in [0.15, 0.2) is 146 Å². The average Bonchev–Trinajstić information content (AvgIpc) is 3.74. The zero-order chi connectivity index (χ0) is 32.3. The van der Waals surface area contributed by atoms with Crippen LogP contribution in [0.5, 0.6) is 0 Å². The molecule has 0 amide bonds. The molecule has 0 spiro atoms. The van der Waals surface area contributed by atoms with Crippen molar-refractivity contribution in [3.63, 3.8) is 0 Å². The monoisotopic (exact) mass is 606 g/mol. The van der Waals surface area contributed by atoms with Gasteiger partial charge in [0.25, 0.3) is 0 Å². The molecule has 0 aliphatic heterocycles. The highest BCUT2D eigenvalue weighted by molar-refractivity contribution is 5.93. The lowest BCUT2D eigenvalue weighted by molar-refractivity contribution is 0.581. The first-order chi connectivity index (χ1) is 22.7. The maximum Gasteiger partial charge on any atom is 0.0210 e. The second-order valence-corrected chi connectivity index (χ2v) is 15.1. The highest BCUT2D eigenvalue weighted by Gasteiger charge is 2.31. The van der Waals surface area contributed by atoms with E-state index in [1.807, 2.05) is 0 Å². The smallest absolute Gasteiger partial charge is 0.0210 e. The molecule has 0 aromatic heterocycles. The Hall–Kier alpha value is -4.94. The standard InChI is InChI=1S/C47H42/c1-46(2,3)44-25-24-41-40-23-22-39(28-38(40)29-42(41)45(44)33-14-8-9-15-33)47(4,5)30-43(36-20-18-31-12-6-10-16-34(31)26-36)37-21-19-32-13-7-11-17-35(32)27-37/h6-28,30,33H,29H2,1-5H3. The largest absolute Gasteiger partial charge is 0.0732 e. The van der Waals surface area contributed by atoms with E-state index in [4.69, 9.17) is 0 Å². The van der Waals surface area contributed by atoms with E-state index in [0.29, 0.717) is 5.92 Å². The van der Waals surface area contributed by atoms with Crippen LogP contribution in [-0.2, 0) is 17.3 Å². The first-order valence-electron chi connectivity index (χ1n) is 17.0. The molecule has 0 unspecified atom stereocenters. The second-order valence-electron chi connectivity index (χ2n) is 15.1. The van der Waals surface area contributed by atoms with Crippen molar-refractivity contribution in [3.05, 3.63) is 185 Å². The van der Waals surface area contributed by atoms with E-state index in [9.17, 15) is 0 Å². The minimum atomic E-state index is -0.202. The SMILES string of the molecule is CC(C)(C)c1ccc2c(c1C1C=CC=C1)Cc1cc(C(C)(C)C=C(c3ccc4ccccc4c3)c3ccc4ccccc4c3)ccc1-2. The minimum absolute atomic E-state index is 0.0866. The van der Waals surface area contributed by atoms with Crippen LogP contribution >= 0.6 is 0 Å². The molecule has 0 N–H and O–H groups in total. The fourth-order valence-electron chi connectivity index (χ4n) is 7.85. The van der Waals surface area contributed by atoms with Gasteiger partial charge in [0.2, 0.25) is 0 Å². The van der Waals surface area contributed by atoms with Gasteiger partial charge in [-0.1, -0.05) is 168 Å². The molecule has 0 radical (unpaired) electrons. The summed E-state index contributed by atoms with van der Waals surface area (Å²) in [6.45, 7) is 11.8. The lowest BCUT2D eigenvalue weighted by Crippen LogP contribution is -2.17. The van der Waals surface area contributed by atoms with Gasteiger partial charge in [-0.05, 0) is 101 Å². The molecule has 2 aliphatic rings. The summed E-state index contributed by atoms with van der Waals surface area (Å²) in [5.74, 6) is 0.346. The van der Waals surface area contributed by atoms with Crippen molar-refractivity contribution in [2.75, 3.05) is 0 Å². The summed E-state index contributed by atoms with van der Waals surface area (Å²) < 4.78 is 0. The Morgan fingerprint density at radius 3 is 1.77 bits per heavy atom. The number of allylic oxidation sites excluding steroid dienone is 5. The molecule has 0 saturated carbocycles. The van der Waals surface area contributed by atoms with E-state index in [-0.39, 0.29) is 10.8 Å². The molecule has 0 saturated heterocycles. The number of fused-ring (bicyclic) bond motifs is 5. The van der Waals surface area contributed by atoms with Crippen LogP contribution in [0, 0.1) is 0 Å². The van der Waals surface area contributed by atoms with Crippen molar-refractivity contribution in [1.29, 1.82) is 0 Å². The van der Waals surface area contributed by atoms with Crippen LogP contribution in [0.3, 0.4) is 0 Å². The normalized spacial score (nSPS) is 14.1. The lowest BCUT2D eigenvalue weighted by atomic mass is 9.77. The summed E-state index contributed by atoms with van der Waals surface area (Å²) >= 11 is 0. The van der Waals surface area contributed by atoms with Crippen LogP contribution in [0.1, 0.15) is 79.5 Å². The van der Waals surface area contributed by atoms with Crippen molar-refractivity contribution >= 4 is 27.1 Å². The van der Waals surface area contributed by atoms with E-state index in [2.05, 4.69) is 180 Å². The molecule has 0 nitrogen and oxygen atoms in total. The third-order valence-electron chi connectivity index (χ3n) is 10.4. The van der Waals surface area contributed by atoms with Gasteiger partial charge in [0.15, 0.2) is 0 Å². The van der Waals surface area contributed by atoms with Gasteiger partial charge in [-0.2, -0.15) is 0 Å². The Morgan fingerprint density at radius 2 is 1.17 bits per heavy atom. The predicted molar refractivity (Wildman–Crippen MR) is 202 cm³/mol. The Bertz CT molecular complexity index is 2190. The number of rotatable bonds is 5. The molecule has 0 atom stereocenters. The van der Waals surface area contributed by atoms with Crippen molar-refractivity contribution in [2.45, 2.75) is 57.8 Å². The number of benzene rings is 6. The Morgan fingerprint density at radius 1 is 0.596 bits per heavy atom. The van der Waals surface area contributed by atoms with Crippen LogP contribution in [0.4, 0.5) is 0 Å². The third-order valence-corrected chi connectivity index (χ3v) is 10.4. The zero-order valence-corrected chi connectivity index (χ0v) is 28.1. The zero-order valence-electron chi connectivity index (χ0n) is 28.1. The first-order valence-corrected chi connectivity index (χ1v) is 17.0. The number of hydrogen-bond acceptors (Lipinski definition) is 0. The molecule has 2 aliphatic carbocycles. The van der Waals surface area contributed by atoms with E-state index in [1.54, 1.807) is 0 Å².